The summed E-state index contributed by atoms with van der Waals surface area (Å²) in [5, 5.41) is 2.68. The SMILES string of the molecule is CCc1cccc(NC(=O)COC(=O)c2ccc(OCC(N)=O)cc2)c1. The Labute approximate surface area is 151 Å². The number of nitrogens with two attached hydrogens (primary N) is 1. The molecule has 136 valence electrons. The van der Waals surface area contributed by atoms with E-state index < -0.39 is 24.4 Å². The highest BCUT2D eigenvalue weighted by molar-refractivity contribution is 5.95. The number of primary amides is 1. The zero-order chi connectivity index (χ0) is 18.9. The molecule has 0 aliphatic rings. The maximum atomic E-state index is 12.0. The average Bonchev–Trinajstić information content (AvgIpc) is 2.65. The molecule has 0 aliphatic carbocycles. The van der Waals surface area contributed by atoms with E-state index in [-0.39, 0.29) is 12.2 Å². The predicted octanol–water partition coefficient (Wildman–Crippen LogP) is 1.91. The van der Waals surface area contributed by atoms with Crippen molar-refractivity contribution in [2.24, 2.45) is 5.73 Å². The zero-order valence-corrected chi connectivity index (χ0v) is 14.4. The number of anilines is 1. The summed E-state index contributed by atoms with van der Waals surface area (Å²) >= 11 is 0. The Balaban J connectivity index is 1.83. The maximum Gasteiger partial charge on any atom is 0.338 e. The van der Waals surface area contributed by atoms with E-state index in [4.69, 9.17) is 15.2 Å². The van der Waals surface area contributed by atoms with Crippen molar-refractivity contribution in [2.75, 3.05) is 18.5 Å². The summed E-state index contributed by atoms with van der Waals surface area (Å²) in [5.41, 5.74) is 6.99. The van der Waals surface area contributed by atoms with Gasteiger partial charge >= 0.3 is 5.97 Å². The van der Waals surface area contributed by atoms with Gasteiger partial charge in [-0.25, -0.2) is 4.79 Å². The molecule has 0 saturated carbocycles. The van der Waals surface area contributed by atoms with Gasteiger partial charge in [0.15, 0.2) is 13.2 Å². The lowest BCUT2D eigenvalue weighted by molar-refractivity contribution is -0.120. The van der Waals surface area contributed by atoms with Crippen LogP contribution in [0.3, 0.4) is 0 Å². The van der Waals surface area contributed by atoms with Gasteiger partial charge in [0, 0.05) is 5.69 Å². The molecule has 0 bridgehead atoms. The van der Waals surface area contributed by atoms with E-state index in [0.717, 1.165) is 12.0 Å². The molecule has 3 N–H and O–H groups in total. The minimum absolute atomic E-state index is 0.247. The molecule has 2 rings (SSSR count). The van der Waals surface area contributed by atoms with Gasteiger partial charge in [-0.2, -0.15) is 0 Å². The molecular weight excluding hydrogens is 336 g/mol. The lowest BCUT2D eigenvalue weighted by atomic mass is 10.1. The van der Waals surface area contributed by atoms with E-state index in [0.29, 0.717) is 11.4 Å². The third-order valence-electron chi connectivity index (χ3n) is 3.42. The smallest absolute Gasteiger partial charge is 0.338 e. The Morgan fingerprint density at radius 1 is 1.04 bits per heavy atom. The third-order valence-corrected chi connectivity index (χ3v) is 3.42. The number of nitrogens with one attached hydrogen (secondary N) is 1. The maximum absolute atomic E-state index is 12.0. The number of aryl methyl sites for hydroxylation is 1. The fourth-order valence-electron chi connectivity index (χ4n) is 2.12. The highest BCUT2D eigenvalue weighted by Crippen LogP contribution is 2.13. The highest BCUT2D eigenvalue weighted by atomic mass is 16.5. The zero-order valence-electron chi connectivity index (χ0n) is 14.4. The molecule has 0 heterocycles. The second-order valence-corrected chi connectivity index (χ2v) is 5.46. The van der Waals surface area contributed by atoms with Crippen molar-refractivity contribution < 1.29 is 23.9 Å². The van der Waals surface area contributed by atoms with Crippen LogP contribution in [-0.4, -0.2) is 31.0 Å². The molecule has 0 radical (unpaired) electrons. The van der Waals surface area contributed by atoms with Crippen LogP contribution >= 0.6 is 0 Å². The van der Waals surface area contributed by atoms with E-state index >= 15 is 0 Å². The summed E-state index contributed by atoms with van der Waals surface area (Å²) in [5.74, 6) is -1.25. The molecule has 7 heteroatoms. The first-order chi connectivity index (χ1) is 12.5. The number of carbonyl (C=O) groups is 3. The fraction of sp³-hybridized carbons (Fsp3) is 0.211. The van der Waals surface area contributed by atoms with Crippen molar-refractivity contribution in [3.63, 3.8) is 0 Å². The van der Waals surface area contributed by atoms with Crippen LogP contribution in [0.15, 0.2) is 48.5 Å². The van der Waals surface area contributed by atoms with Crippen molar-refractivity contribution in [1.29, 1.82) is 0 Å². The van der Waals surface area contributed by atoms with Crippen LogP contribution in [0.25, 0.3) is 0 Å². The van der Waals surface area contributed by atoms with Gasteiger partial charge in [0.05, 0.1) is 5.56 Å². The van der Waals surface area contributed by atoms with Crippen molar-refractivity contribution in [1.82, 2.24) is 0 Å². The van der Waals surface area contributed by atoms with E-state index in [1.165, 1.54) is 24.3 Å². The lowest BCUT2D eigenvalue weighted by Gasteiger charge is -2.08. The van der Waals surface area contributed by atoms with E-state index in [1.54, 1.807) is 6.07 Å². The summed E-state index contributed by atoms with van der Waals surface area (Å²) in [6, 6.07) is 13.4. The number of hydrogen-bond acceptors (Lipinski definition) is 5. The van der Waals surface area contributed by atoms with Crippen molar-refractivity contribution in [2.45, 2.75) is 13.3 Å². The summed E-state index contributed by atoms with van der Waals surface area (Å²) in [4.78, 5) is 34.5. The number of esters is 1. The molecule has 0 spiro atoms. The van der Waals surface area contributed by atoms with E-state index in [2.05, 4.69) is 5.32 Å². The second-order valence-electron chi connectivity index (χ2n) is 5.46. The standard InChI is InChI=1S/C19H20N2O5/c1-2-13-4-3-5-15(10-13)21-18(23)12-26-19(24)14-6-8-16(9-7-14)25-11-17(20)22/h3-10H,2,11-12H2,1H3,(H2,20,22)(H,21,23). The minimum atomic E-state index is -0.635. The molecule has 0 fully saturated rings. The Morgan fingerprint density at radius 2 is 1.77 bits per heavy atom. The van der Waals surface area contributed by atoms with Crippen molar-refractivity contribution in [3.05, 3.63) is 59.7 Å². The molecule has 0 aliphatic heterocycles. The largest absolute Gasteiger partial charge is 0.484 e. The molecule has 26 heavy (non-hydrogen) atoms. The van der Waals surface area contributed by atoms with Gasteiger partial charge in [-0.15, -0.1) is 0 Å². The number of hydrogen-bond donors (Lipinski definition) is 2. The quantitative estimate of drug-likeness (QED) is 0.703. The van der Waals surface area contributed by atoms with Gasteiger partial charge in [-0.3, -0.25) is 9.59 Å². The van der Waals surface area contributed by atoms with Gasteiger partial charge in [0.2, 0.25) is 0 Å². The number of carbonyl (C=O) groups excluding carboxylic acids is 3. The third kappa shape index (κ3) is 5.94. The predicted molar refractivity (Wildman–Crippen MR) is 95.9 cm³/mol. The second kappa shape index (κ2) is 9.22. The summed E-state index contributed by atoms with van der Waals surface area (Å²) in [7, 11) is 0. The van der Waals surface area contributed by atoms with Gasteiger partial charge in [0.25, 0.3) is 11.8 Å². The van der Waals surface area contributed by atoms with Crippen LogP contribution in [-0.2, 0) is 20.7 Å². The summed E-state index contributed by atoms with van der Waals surface area (Å²) < 4.78 is 10.1. The van der Waals surface area contributed by atoms with E-state index in [1.807, 2.05) is 25.1 Å². The number of benzene rings is 2. The minimum Gasteiger partial charge on any atom is -0.484 e. The highest BCUT2D eigenvalue weighted by Gasteiger charge is 2.11. The van der Waals surface area contributed by atoms with Crippen LogP contribution < -0.4 is 15.8 Å². The molecule has 7 nitrogen and oxygen atoms in total. The van der Waals surface area contributed by atoms with Crippen LogP contribution in [0.2, 0.25) is 0 Å². The van der Waals surface area contributed by atoms with Crippen LogP contribution in [0.4, 0.5) is 5.69 Å². The number of ether oxygens (including phenoxy) is 2. The van der Waals surface area contributed by atoms with Crippen LogP contribution in [0.1, 0.15) is 22.8 Å². The Morgan fingerprint density at radius 3 is 2.42 bits per heavy atom. The fourth-order valence-corrected chi connectivity index (χ4v) is 2.12. The van der Waals surface area contributed by atoms with Gasteiger partial charge in [-0.1, -0.05) is 19.1 Å². The van der Waals surface area contributed by atoms with Crippen LogP contribution in [0, 0.1) is 0 Å². The summed E-state index contributed by atoms with van der Waals surface area (Å²) in [6.45, 7) is 1.38. The van der Waals surface area contributed by atoms with Crippen molar-refractivity contribution >= 4 is 23.5 Å². The van der Waals surface area contributed by atoms with Gasteiger partial charge in [0.1, 0.15) is 5.75 Å². The van der Waals surface area contributed by atoms with E-state index in [9.17, 15) is 14.4 Å². The first kappa shape index (κ1) is 19.0. The summed E-state index contributed by atoms with van der Waals surface area (Å²) in [6.07, 6.45) is 0.859. The van der Waals surface area contributed by atoms with Gasteiger partial charge in [-0.05, 0) is 48.4 Å². The molecule has 2 amide bonds. The Kier molecular flexibility index (Phi) is 6.73. The molecular formula is C19H20N2O5. The first-order valence-corrected chi connectivity index (χ1v) is 8.05. The Hall–Kier alpha value is -3.35. The molecule has 2 aromatic rings. The molecule has 0 saturated heterocycles. The molecule has 0 aromatic heterocycles. The number of rotatable bonds is 8. The molecule has 2 aromatic carbocycles. The van der Waals surface area contributed by atoms with Crippen LogP contribution in [0.5, 0.6) is 5.75 Å². The van der Waals surface area contributed by atoms with Crippen molar-refractivity contribution in [3.8, 4) is 5.75 Å². The van der Waals surface area contributed by atoms with Gasteiger partial charge < -0.3 is 20.5 Å². The monoisotopic (exact) mass is 356 g/mol. The normalized spacial score (nSPS) is 10.0. The Bertz CT molecular complexity index is 787. The number of amides is 2. The first-order valence-electron chi connectivity index (χ1n) is 8.05. The lowest BCUT2D eigenvalue weighted by Crippen LogP contribution is -2.21. The average molecular weight is 356 g/mol. The topological polar surface area (TPSA) is 108 Å². The molecule has 0 atom stereocenters. The molecule has 0 unspecified atom stereocenters.